The van der Waals surface area contributed by atoms with Crippen LogP contribution in [0.1, 0.15) is 42.5 Å². The minimum atomic E-state index is 0.433. The zero-order valence-electron chi connectivity index (χ0n) is 12.5. The van der Waals surface area contributed by atoms with Gasteiger partial charge in [-0.15, -0.1) is 0 Å². The van der Waals surface area contributed by atoms with E-state index in [2.05, 4.69) is 60.5 Å². The Labute approximate surface area is 122 Å². The van der Waals surface area contributed by atoms with Gasteiger partial charge in [0.2, 0.25) is 0 Å². The molecular formula is C18H24N2. The first-order valence-electron chi connectivity index (χ1n) is 7.48. The van der Waals surface area contributed by atoms with Gasteiger partial charge in [0.15, 0.2) is 0 Å². The Morgan fingerprint density at radius 3 is 2.65 bits per heavy atom. The second-order valence-electron chi connectivity index (χ2n) is 5.31. The van der Waals surface area contributed by atoms with Gasteiger partial charge in [0.25, 0.3) is 0 Å². The quantitative estimate of drug-likeness (QED) is 0.819. The van der Waals surface area contributed by atoms with E-state index in [1.54, 1.807) is 0 Å². The van der Waals surface area contributed by atoms with Gasteiger partial charge in [0.1, 0.15) is 0 Å². The normalized spacial score (nSPS) is 12.3. The van der Waals surface area contributed by atoms with E-state index in [4.69, 9.17) is 0 Å². The zero-order valence-corrected chi connectivity index (χ0v) is 12.5. The number of nitrogens with one attached hydrogen (secondary N) is 1. The largest absolute Gasteiger partial charge is 0.310 e. The first-order chi connectivity index (χ1) is 9.79. The van der Waals surface area contributed by atoms with Crippen LogP contribution >= 0.6 is 0 Å². The van der Waals surface area contributed by atoms with Crippen molar-refractivity contribution in [2.75, 3.05) is 6.54 Å². The van der Waals surface area contributed by atoms with E-state index < -0.39 is 0 Å². The van der Waals surface area contributed by atoms with Crippen LogP contribution in [0.25, 0.3) is 0 Å². The Balaban J connectivity index is 2.03. The molecule has 0 fully saturated rings. The lowest BCUT2D eigenvalue weighted by molar-refractivity contribution is 0.499. The summed E-state index contributed by atoms with van der Waals surface area (Å²) in [5, 5.41) is 3.67. The monoisotopic (exact) mass is 268 g/mol. The van der Waals surface area contributed by atoms with Crippen molar-refractivity contribution in [1.82, 2.24) is 10.3 Å². The molecule has 1 N–H and O–H groups in total. The van der Waals surface area contributed by atoms with Gasteiger partial charge < -0.3 is 5.32 Å². The van der Waals surface area contributed by atoms with Gasteiger partial charge in [0, 0.05) is 18.4 Å². The Kier molecular flexibility index (Phi) is 5.75. The van der Waals surface area contributed by atoms with Crippen molar-refractivity contribution in [2.24, 2.45) is 0 Å². The van der Waals surface area contributed by atoms with E-state index in [0.29, 0.717) is 6.04 Å². The van der Waals surface area contributed by atoms with Crippen LogP contribution < -0.4 is 5.32 Å². The molecule has 0 saturated heterocycles. The fourth-order valence-corrected chi connectivity index (χ4v) is 2.45. The van der Waals surface area contributed by atoms with Gasteiger partial charge in [-0.05, 0) is 56.0 Å². The third-order valence-electron chi connectivity index (χ3n) is 3.56. The number of aryl methyl sites for hydroxylation is 2. The predicted molar refractivity (Wildman–Crippen MR) is 84.8 cm³/mol. The molecule has 0 spiro atoms. The molecule has 20 heavy (non-hydrogen) atoms. The molecule has 106 valence electrons. The molecule has 2 nitrogen and oxygen atoms in total. The van der Waals surface area contributed by atoms with Crippen LogP contribution in [0.2, 0.25) is 0 Å². The molecule has 0 aliphatic rings. The maximum Gasteiger partial charge on any atom is 0.0323 e. The molecular weight excluding hydrogens is 244 g/mol. The maximum atomic E-state index is 4.08. The van der Waals surface area contributed by atoms with Crippen LogP contribution in [-0.4, -0.2) is 11.5 Å². The first-order valence-corrected chi connectivity index (χ1v) is 7.48. The standard InChI is InChI=1S/C18H24N2/c1-3-11-20-18(17-6-4-5-15(2)14-17)8-7-16-9-12-19-13-10-16/h4-6,9-10,12-14,18,20H,3,7-8,11H2,1-2H3. The Morgan fingerprint density at radius 1 is 1.15 bits per heavy atom. The highest BCUT2D eigenvalue weighted by atomic mass is 14.9. The third kappa shape index (κ3) is 4.46. The smallest absolute Gasteiger partial charge is 0.0323 e. The van der Waals surface area contributed by atoms with Gasteiger partial charge in [-0.3, -0.25) is 4.98 Å². The van der Waals surface area contributed by atoms with Crippen LogP contribution in [0.4, 0.5) is 0 Å². The minimum absolute atomic E-state index is 0.433. The van der Waals surface area contributed by atoms with E-state index in [0.717, 1.165) is 25.8 Å². The summed E-state index contributed by atoms with van der Waals surface area (Å²) in [4.78, 5) is 4.08. The maximum absolute atomic E-state index is 4.08. The summed E-state index contributed by atoms with van der Waals surface area (Å²) in [6.45, 7) is 5.43. The fraction of sp³-hybridized carbons (Fsp3) is 0.389. The molecule has 0 amide bonds. The lowest BCUT2D eigenvalue weighted by atomic mass is 9.98. The van der Waals surface area contributed by atoms with Crippen molar-refractivity contribution in [3.05, 3.63) is 65.5 Å². The third-order valence-corrected chi connectivity index (χ3v) is 3.56. The highest BCUT2D eigenvalue weighted by Crippen LogP contribution is 2.20. The average Bonchev–Trinajstić information content (AvgIpc) is 2.48. The molecule has 0 aliphatic carbocycles. The van der Waals surface area contributed by atoms with Crippen molar-refractivity contribution in [3.8, 4) is 0 Å². The lowest BCUT2D eigenvalue weighted by Crippen LogP contribution is -2.22. The van der Waals surface area contributed by atoms with Gasteiger partial charge in [-0.1, -0.05) is 36.8 Å². The zero-order chi connectivity index (χ0) is 14.2. The fourth-order valence-electron chi connectivity index (χ4n) is 2.45. The average molecular weight is 268 g/mol. The predicted octanol–water partition coefficient (Wildman–Crippen LogP) is 4.06. The molecule has 0 radical (unpaired) electrons. The number of benzene rings is 1. The highest BCUT2D eigenvalue weighted by molar-refractivity contribution is 5.25. The molecule has 0 bridgehead atoms. The molecule has 1 aromatic heterocycles. The lowest BCUT2D eigenvalue weighted by Gasteiger charge is -2.19. The molecule has 2 heteroatoms. The summed E-state index contributed by atoms with van der Waals surface area (Å²) in [5.41, 5.74) is 4.08. The SMILES string of the molecule is CCCNC(CCc1ccncc1)c1cccc(C)c1. The molecule has 1 heterocycles. The van der Waals surface area contributed by atoms with Gasteiger partial charge in [-0.25, -0.2) is 0 Å². The van der Waals surface area contributed by atoms with E-state index in [-0.39, 0.29) is 0 Å². The van der Waals surface area contributed by atoms with Crippen LogP contribution in [-0.2, 0) is 6.42 Å². The molecule has 0 aliphatic heterocycles. The van der Waals surface area contributed by atoms with Crippen LogP contribution in [0.3, 0.4) is 0 Å². The number of hydrogen-bond donors (Lipinski definition) is 1. The van der Waals surface area contributed by atoms with E-state index in [1.807, 2.05) is 12.4 Å². The van der Waals surface area contributed by atoms with Crippen molar-refractivity contribution >= 4 is 0 Å². The Bertz CT molecular complexity index is 508. The summed E-state index contributed by atoms with van der Waals surface area (Å²) >= 11 is 0. The van der Waals surface area contributed by atoms with Crippen LogP contribution in [0.5, 0.6) is 0 Å². The van der Waals surface area contributed by atoms with Crippen molar-refractivity contribution in [2.45, 2.75) is 39.2 Å². The van der Waals surface area contributed by atoms with Crippen molar-refractivity contribution < 1.29 is 0 Å². The van der Waals surface area contributed by atoms with E-state index in [1.165, 1.54) is 16.7 Å². The molecule has 1 unspecified atom stereocenters. The first kappa shape index (κ1) is 14.7. The number of hydrogen-bond acceptors (Lipinski definition) is 2. The molecule has 0 saturated carbocycles. The summed E-state index contributed by atoms with van der Waals surface area (Å²) < 4.78 is 0. The Hall–Kier alpha value is -1.67. The second kappa shape index (κ2) is 7.81. The van der Waals surface area contributed by atoms with Crippen LogP contribution in [0, 0.1) is 6.92 Å². The Morgan fingerprint density at radius 2 is 1.95 bits per heavy atom. The van der Waals surface area contributed by atoms with E-state index >= 15 is 0 Å². The minimum Gasteiger partial charge on any atom is -0.310 e. The molecule has 1 atom stereocenters. The van der Waals surface area contributed by atoms with Crippen molar-refractivity contribution in [3.63, 3.8) is 0 Å². The molecule has 2 aromatic rings. The second-order valence-corrected chi connectivity index (χ2v) is 5.31. The number of rotatable bonds is 7. The molecule has 1 aromatic carbocycles. The summed E-state index contributed by atoms with van der Waals surface area (Å²) in [6.07, 6.45) is 7.11. The van der Waals surface area contributed by atoms with Crippen molar-refractivity contribution in [1.29, 1.82) is 0 Å². The van der Waals surface area contributed by atoms with Gasteiger partial charge in [-0.2, -0.15) is 0 Å². The number of nitrogens with zero attached hydrogens (tertiary/aromatic N) is 1. The van der Waals surface area contributed by atoms with Gasteiger partial charge in [0.05, 0.1) is 0 Å². The van der Waals surface area contributed by atoms with E-state index in [9.17, 15) is 0 Å². The summed E-state index contributed by atoms with van der Waals surface area (Å²) in [6, 6.07) is 13.5. The highest BCUT2D eigenvalue weighted by Gasteiger charge is 2.10. The molecule has 2 rings (SSSR count). The van der Waals surface area contributed by atoms with Gasteiger partial charge >= 0.3 is 0 Å². The van der Waals surface area contributed by atoms with Crippen LogP contribution in [0.15, 0.2) is 48.8 Å². The topological polar surface area (TPSA) is 24.9 Å². The number of pyridine rings is 1. The summed E-state index contributed by atoms with van der Waals surface area (Å²) in [5.74, 6) is 0. The number of aromatic nitrogens is 1. The summed E-state index contributed by atoms with van der Waals surface area (Å²) in [7, 11) is 0.